The van der Waals surface area contributed by atoms with Gasteiger partial charge in [0.25, 0.3) is 0 Å². The molecule has 2 N–H and O–H groups in total. The van der Waals surface area contributed by atoms with E-state index in [9.17, 15) is 0 Å². The Labute approximate surface area is 108 Å². The Balaban J connectivity index is 1.97. The van der Waals surface area contributed by atoms with Crippen LogP contribution in [0.4, 0.5) is 0 Å². The minimum atomic E-state index is 0.269. The molecule has 0 atom stereocenters. The van der Waals surface area contributed by atoms with E-state index in [0.29, 0.717) is 0 Å². The topological polar surface area (TPSA) is 56.2 Å². The maximum atomic E-state index is 5.89. The minimum Gasteiger partial charge on any atom is -0.330 e. The number of rotatable bonds is 3. The summed E-state index contributed by atoms with van der Waals surface area (Å²) in [6.45, 7) is 0.746. The third-order valence-corrected chi connectivity index (χ3v) is 4.29. The summed E-state index contributed by atoms with van der Waals surface area (Å²) in [6, 6.07) is 3.95. The molecular weight excluding hydrogens is 280 g/mol. The first-order chi connectivity index (χ1) is 8.22. The van der Waals surface area contributed by atoms with Crippen molar-refractivity contribution in [3.8, 4) is 0 Å². The Hall–Kier alpha value is -0.940. The zero-order chi connectivity index (χ0) is 11.9. The molecule has 0 aromatic carbocycles. The fourth-order valence-electron chi connectivity index (χ4n) is 2.50. The second kappa shape index (κ2) is 4.07. The fraction of sp³-hybridized carbons (Fsp3) is 0.500. The SMILES string of the molecule is NCC1(Cc2nnc3ccc(Br)cn23)CCC1. The number of nitrogens with zero attached hydrogens (tertiary/aromatic N) is 3. The number of fused-ring (bicyclic) bond motifs is 1. The van der Waals surface area contributed by atoms with Gasteiger partial charge in [0, 0.05) is 17.1 Å². The molecule has 0 bridgehead atoms. The summed E-state index contributed by atoms with van der Waals surface area (Å²) < 4.78 is 3.10. The summed E-state index contributed by atoms with van der Waals surface area (Å²) in [5, 5.41) is 8.48. The van der Waals surface area contributed by atoms with E-state index in [2.05, 4.69) is 30.5 Å². The molecule has 5 heteroatoms. The lowest BCUT2D eigenvalue weighted by molar-refractivity contribution is 0.141. The summed E-state index contributed by atoms with van der Waals surface area (Å²) in [7, 11) is 0. The van der Waals surface area contributed by atoms with Crippen molar-refractivity contribution in [3.63, 3.8) is 0 Å². The van der Waals surface area contributed by atoms with E-state index in [0.717, 1.165) is 28.9 Å². The quantitative estimate of drug-likeness (QED) is 0.944. The van der Waals surface area contributed by atoms with Crippen LogP contribution in [-0.2, 0) is 6.42 Å². The zero-order valence-electron chi connectivity index (χ0n) is 9.56. The molecule has 2 heterocycles. The lowest BCUT2D eigenvalue weighted by atomic mass is 9.66. The molecule has 2 aromatic rings. The summed E-state index contributed by atoms with van der Waals surface area (Å²) in [5.41, 5.74) is 7.06. The molecule has 1 aliphatic rings. The molecule has 4 nitrogen and oxygen atoms in total. The predicted molar refractivity (Wildman–Crippen MR) is 69.7 cm³/mol. The Kier molecular flexibility index (Phi) is 2.67. The highest BCUT2D eigenvalue weighted by atomic mass is 79.9. The van der Waals surface area contributed by atoms with Crippen LogP contribution in [0.2, 0.25) is 0 Å². The molecule has 3 rings (SSSR count). The molecule has 2 aromatic heterocycles. The van der Waals surface area contributed by atoms with Crippen molar-refractivity contribution in [3.05, 3.63) is 28.6 Å². The van der Waals surface area contributed by atoms with Gasteiger partial charge in [-0.05, 0) is 52.9 Å². The first-order valence-electron chi connectivity index (χ1n) is 5.92. The summed E-state index contributed by atoms with van der Waals surface area (Å²) in [6.07, 6.45) is 6.67. The van der Waals surface area contributed by atoms with Gasteiger partial charge in [-0.15, -0.1) is 10.2 Å². The maximum Gasteiger partial charge on any atom is 0.160 e. The molecule has 0 saturated heterocycles. The van der Waals surface area contributed by atoms with Crippen LogP contribution in [0.1, 0.15) is 25.1 Å². The van der Waals surface area contributed by atoms with E-state index in [1.54, 1.807) is 0 Å². The molecule has 1 fully saturated rings. The van der Waals surface area contributed by atoms with E-state index < -0.39 is 0 Å². The van der Waals surface area contributed by atoms with Crippen LogP contribution in [0.15, 0.2) is 22.8 Å². The lowest BCUT2D eigenvalue weighted by Gasteiger charge is -2.40. The standard InChI is InChI=1S/C12H15BrN4/c13-9-2-3-10-15-16-11(17(10)7-9)6-12(8-14)4-1-5-12/h2-3,7H,1,4-6,8,14H2. The van der Waals surface area contributed by atoms with Crippen molar-refractivity contribution in [2.45, 2.75) is 25.7 Å². The van der Waals surface area contributed by atoms with Crippen molar-refractivity contribution in [1.29, 1.82) is 0 Å². The molecule has 0 aliphatic heterocycles. The molecule has 1 saturated carbocycles. The van der Waals surface area contributed by atoms with Gasteiger partial charge in [0.05, 0.1) is 0 Å². The summed E-state index contributed by atoms with van der Waals surface area (Å²) in [4.78, 5) is 0. The van der Waals surface area contributed by atoms with Crippen molar-refractivity contribution in [2.24, 2.45) is 11.1 Å². The van der Waals surface area contributed by atoms with E-state index in [4.69, 9.17) is 5.73 Å². The van der Waals surface area contributed by atoms with Crippen LogP contribution in [0.25, 0.3) is 5.65 Å². The van der Waals surface area contributed by atoms with E-state index in [-0.39, 0.29) is 5.41 Å². The number of aromatic nitrogens is 3. The van der Waals surface area contributed by atoms with Crippen LogP contribution in [0.3, 0.4) is 0 Å². The highest BCUT2D eigenvalue weighted by molar-refractivity contribution is 9.10. The number of nitrogens with two attached hydrogens (primary N) is 1. The zero-order valence-corrected chi connectivity index (χ0v) is 11.2. The van der Waals surface area contributed by atoms with Crippen LogP contribution in [0, 0.1) is 5.41 Å². The molecule has 1 aliphatic carbocycles. The molecule has 0 spiro atoms. The second-order valence-corrected chi connectivity index (χ2v) is 5.84. The Morgan fingerprint density at radius 2 is 2.18 bits per heavy atom. The molecule has 90 valence electrons. The van der Waals surface area contributed by atoms with Gasteiger partial charge in [0.1, 0.15) is 5.82 Å². The van der Waals surface area contributed by atoms with E-state index >= 15 is 0 Å². The first-order valence-corrected chi connectivity index (χ1v) is 6.71. The van der Waals surface area contributed by atoms with E-state index in [1.165, 1.54) is 19.3 Å². The first kappa shape index (κ1) is 11.2. The molecule has 0 unspecified atom stereocenters. The van der Waals surface area contributed by atoms with Gasteiger partial charge in [-0.2, -0.15) is 0 Å². The third kappa shape index (κ3) is 1.87. The Morgan fingerprint density at radius 3 is 2.82 bits per heavy atom. The van der Waals surface area contributed by atoms with Crippen molar-refractivity contribution >= 4 is 21.6 Å². The van der Waals surface area contributed by atoms with Gasteiger partial charge in [-0.25, -0.2) is 0 Å². The van der Waals surface area contributed by atoms with Gasteiger partial charge in [0.15, 0.2) is 5.65 Å². The number of hydrogen-bond acceptors (Lipinski definition) is 3. The molecular formula is C12H15BrN4. The summed E-state index contributed by atoms with van der Waals surface area (Å²) >= 11 is 3.48. The molecule has 0 radical (unpaired) electrons. The van der Waals surface area contributed by atoms with Crippen LogP contribution in [0.5, 0.6) is 0 Å². The second-order valence-electron chi connectivity index (χ2n) is 4.93. The van der Waals surface area contributed by atoms with Crippen molar-refractivity contribution in [2.75, 3.05) is 6.54 Å². The van der Waals surface area contributed by atoms with Gasteiger partial charge < -0.3 is 5.73 Å². The molecule has 17 heavy (non-hydrogen) atoms. The number of hydrogen-bond donors (Lipinski definition) is 1. The maximum absolute atomic E-state index is 5.89. The third-order valence-electron chi connectivity index (χ3n) is 3.82. The average molecular weight is 295 g/mol. The van der Waals surface area contributed by atoms with Crippen molar-refractivity contribution < 1.29 is 0 Å². The normalized spacial score (nSPS) is 18.2. The highest BCUT2D eigenvalue weighted by Crippen LogP contribution is 2.42. The van der Waals surface area contributed by atoms with Crippen LogP contribution < -0.4 is 5.73 Å². The summed E-state index contributed by atoms with van der Waals surface area (Å²) in [5.74, 6) is 1.02. The van der Waals surface area contributed by atoms with Crippen molar-refractivity contribution in [1.82, 2.24) is 14.6 Å². The van der Waals surface area contributed by atoms with Gasteiger partial charge in [-0.3, -0.25) is 4.40 Å². The number of halogens is 1. The van der Waals surface area contributed by atoms with Gasteiger partial charge in [0.2, 0.25) is 0 Å². The average Bonchev–Trinajstić information content (AvgIpc) is 2.66. The monoisotopic (exact) mass is 294 g/mol. The molecule has 0 amide bonds. The number of pyridine rings is 1. The largest absolute Gasteiger partial charge is 0.330 e. The lowest BCUT2D eigenvalue weighted by Crippen LogP contribution is -2.39. The predicted octanol–water partition coefficient (Wildman–Crippen LogP) is 2.16. The van der Waals surface area contributed by atoms with E-state index in [1.807, 2.05) is 18.3 Å². The Bertz CT molecular complexity index is 539. The van der Waals surface area contributed by atoms with Crippen LogP contribution in [-0.4, -0.2) is 21.1 Å². The highest BCUT2D eigenvalue weighted by Gasteiger charge is 2.36. The van der Waals surface area contributed by atoms with Crippen LogP contribution >= 0.6 is 15.9 Å². The Morgan fingerprint density at radius 1 is 1.35 bits per heavy atom. The minimum absolute atomic E-state index is 0.269. The van der Waals surface area contributed by atoms with Gasteiger partial charge >= 0.3 is 0 Å². The fourth-order valence-corrected chi connectivity index (χ4v) is 2.84. The van der Waals surface area contributed by atoms with Gasteiger partial charge in [-0.1, -0.05) is 6.42 Å². The smallest absolute Gasteiger partial charge is 0.160 e.